The summed E-state index contributed by atoms with van der Waals surface area (Å²) in [5.41, 5.74) is 14.0. The molecular formula is C72H68N8O2. The molecular weight excluding hydrogens is 1010 g/mol. The largest absolute Gasteiger partial charge is 0.508 e. The number of fused-ring (bicyclic) bond motifs is 25. The van der Waals surface area contributed by atoms with Crippen LogP contribution in [0.2, 0.25) is 0 Å². The van der Waals surface area contributed by atoms with Gasteiger partial charge in [-0.3, -0.25) is 0 Å². The van der Waals surface area contributed by atoms with Gasteiger partial charge in [-0.15, -0.1) is 0 Å². The zero-order chi connectivity index (χ0) is 55.7. The molecule has 2 saturated carbocycles. The van der Waals surface area contributed by atoms with Gasteiger partial charge in [-0.05, 0) is 201 Å². The molecule has 3 aliphatic carbocycles. The van der Waals surface area contributed by atoms with Crippen LogP contribution in [0.25, 0.3) is 89.7 Å². The third kappa shape index (κ3) is 8.95. The second-order valence-corrected chi connectivity index (χ2v) is 24.1. The second-order valence-electron chi connectivity index (χ2n) is 24.1. The second kappa shape index (κ2) is 20.8. The van der Waals surface area contributed by atoms with Gasteiger partial charge in [-0.1, -0.05) is 113 Å². The Labute approximate surface area is 479 Å². The lowest BCUT2D eigenvalue weighted by Gasteiger charge is -2.53. The number of aryl methyl sites for hydroxylation is 4. The van der Waals surface area contributed by atoms with E-state index in [1.54, 1.807) is 0 Å². The normalized spacial score (nSPS) is 20.2. The molecule has 9 aromatic rings. The Morgan fingerprint density at radius 3 is 1.70 bits per heavy atom. The molecule has 10 nitrogen and oxygen atoms in total. The number of benzene rings is 6. The highest BCUT2D eigenvalue weighted by Crippen LogP contribution is 2.67. The van der Waals surface area contributed by atoms with E-state index in [4.69, 9.17) is 29.9 Å². The summed E-state index contributed by atoms with van der Waals surface area (Å²) in [7, 11) is 0. The van der Waals surface area contributed by atoms with Gasteiger partial charge in [0.05, 0.1) is 5.60 Å². The Bertz CT molecular complexity index is 4360. The van der Waals surface area contributed by atoms with Crippen LogP contribution in [-0.2, 0) is 31.3 Å². The summed E-state index contributed by atoms with van der Waals surface area (Å²) >= 11 is 0. The highest BCUT2D eigenvalue weighted by molar-refractivity contribution is 6.06. The molecule has 0 radical (unpaired) electrons. The molecule has 5 atom stereocenters. The van der Waals surface area contributed by atoms with E-state index in [2.05, 4.69) is 134 Å². The molecule has 0 amide bonds. The first-order valence-corrected chi connectivity index (χ1v) is 30.1. The van der Waals surface area contributed by atoms with Gasteiger partial charge in [0, 0.05) is 60.3 Å². The number of aromatic nitrogens is 8. The zero-order valence-corrected chi connectivity index (χ0v) is 47.4. The standard InChI is InChI=1S/C72H68N8O2/c1-5-8-14-44-21-27-54-58(38-44)67-73-63(54)75-68-60-40-46(16-10-7-3)23-29-56(60)65(77-68)79-70-61-41-47(24-30-57(61)66(80-70)78-69-59-39-45(15-9-6-2)22-28-55(59)64(74-67)76-69)18-12-11-17-43-19-13-20-49(37-43)72(82)36-34-62-53-31-25-48-42-50(81)26-32-51(48)52(53)33-35-71(62,72)4/h13,19-24,26-30,32,37-42,52-53,62,81-82H,5-10,14-16,25,31,33-36H2,1-4H3,(H2,73,74,75,76,77,78,79,80)/t52-,53-,62+,71+,72+/m1/s1. The highest BCUT2D eigenvalue weighted by atomic mass is 16.3. The maximum Gasteiger partial charge on any atom is 0.164 e. The summed E-state index contributed by atoms with van der Waals surface area (Å²) in [6.45, 7) is 9.01. The van der Waals surface area contributed by atoms with Crippen LogP contribution in [0.5, 0.6) is 5.75 Å². The third-order valence-electron chi connectivity index (χ3n) is 19.2. The van der Waals surface area contributed by atoms with E-state index in [-0.39, 0.29) is 5.41 Å². The van der Waals surface area contributed by atoms with Crippen molar-refractivity contribution in [3.63, 3.8) is 0 Å². The maximum atomic E-state index is 12.8. The Hall–Kier alpha value is -8.44. The first kappa shape index (κ1) is 51.7. The molecule has 5 aliphatic rings. The van der Waals surface area contributed by atoms with Crippen LogP contribution in [0, 0.1) is 40.9 Å². The molecule has 2 aliphatic heterocycles. The molecule has 8 bridgehead atoms. The minimum Gasteiger partial charge on any atom is -0.508 e. The summed E-state index contributed by atoms with van der Waals surface area (Å²) in [6, 6.07) is 40.1. The average Bonchev–Trinajstić information content (AvgIpc) is 3.25. The number of nitrogens with zero attached hydrogens (tertiary/aromatic N) is 6. The highest BCUT2D eigenvalue weighted by Gasteiger charge is 2.62. The van der Waals surface area contributed by atoms with E-state index in [0.29, 0.717) is 69.4 Å². The molecule has 10 heteroatoms. The Kier molecular flexibility index (Phi) is 13.1. The quantitative estimate of drug-likeness (QED) is 0.0989. The first-order valence-electron chi connectivity index (χ1n) is 30.1. The van der Waals surface area contributed by atoms with E-state index in [0.717, 1.165) is 157 Å². The van der Waals surface area contributed by atoms with Crippen molar-refractivity contribution in [3.05, 3.63) is 160 Å². The Morgan fingerprint density at radius 1 is 0.524 bits per heavy atom. The lowest BCUT2D eigenvalue weighted by molar-refractivity contribution is -0.108. The van der Waals surface area contributed by atoms with Crippen molar-refractivity contribution in [1.82, 2.24) is 39.9 Å². The third-order valence-corrected chi connectivity index (χ3v) is 19.2. The molecule has 0 spiro atoms. The molecule has 6 aromatic carbocycles. The van der Waals surface area contributed by atoms with Crippen molar-refractivity contribution in [2.45, 2.75) is 136 Å². The Morgan fingerprint density at radius 2 is 1.07 bits per heavy atom. The average molecular weight is 1080 g/mol. The Balaban J connectivity index is 0.858. The van der Waals surface area contributed by atoms with Gasteiger partial charge in [0.25, 0.3) is 0 Å². The number of phenols is 1. The molecule has 0 saturated heterocycles. The summed E-state index contributed by atoms with van der Waals surface area (Å²) < 4.78 is 0. The van der Waals surface area contributed by atoms with Gasteiger partial charge in [0.15, 0.2) is 23.3 Å². The summed E-state index contributed by atoms with van der Waals surface area (Å²) in [4.78, 5) is 39.3. The van der Waals surface area contributed by atoms with Crippen LogP contribution in [-0.4, -0.2) is 50.1 Å². The number of phenolic OH excluding ortho intramolecular Hbond substituents is 1. The van der Waals surface area contributed by atoms with E-state index in [1.807, 2.05) is 42.5 Å². The van der Waals surface area contributed by atoms with E-state index in [9.17, 15) is 10.2 Å². The minimum absolute atomic E-state index is 0.247. The summed E-state index contributed by atoms with van der Waals surface area (Å²) in [5.74, 6) is 17.0. The fraction of sp³-hybridized carbons (Fsp3) is 0.333. The van der Waals surface area contributed by atoms with Crippen LogP contribution < -0.4 is 0 Å². The van der Waals surface area contributed by atoms with Crippen LogP contribution in [0.4, 0.5) is 0 Å². The number of nitrogens with one attached hydrogen (secondary N) is 2. The van der Waals surface area contributed by atoms with E-state index >= 15 is 0 Å². The van der Waals surface area contributed by atoms with Gasteiger partial charge >= 0.3 is 0 Å². The van der Waals surface area contributed by atoms with Crippen molar-refractivity contribution in [2.24, 2.45) is 17.3 Å². The molecule has 82 heavy (non-hydrogen) atoms. The molecule has 3 aromatic heterocycles. The lowest BCUT2D eigenvalue weighted by atomic mass is 9.52. The maximum absolute atomic E-state index is 12.8. The zero-order valence-electron chi connectivity index (χ0n) is 47.4. The van der Waals surface area contributed by atoms with Crippen LogP contribution in [0.1, 0.15) is 149 Å². The molecule has 408 valence electrons. The molecule has 4 N–H and O–H groups in total. The van der Waals surface area contributed by atoms with E-state index < -0.39 is 5.60 Å². The minimum atomic E-state index is -0.950. The molecule has 0 unspecified atom stereocenters. The number of H-pyrrole nitrogens is 2. The smallest absolute Gasteiger partial charge is 0.164 e. The van der Waals surface area contributed by atoms with Gasteiger partial charge in [-0.2, -0.15) is 0 Å². The molecule has 5 heterocycles. The van der Waals surface area contributed by atoms with Crippen molar-refractivity contribution in [2.75, 3.05) is 0 Å². The fourth-order valence-corrected chi connectivity index (χ4v) is 14.7. The van der Waals surface area contributed by atoms with Crippen molar-refractivity contribution >= 4 is 44.1 Å². The molecule has 14 rings (SSSR count). The lowest BCUT2D eigenvalue weighted by Crippen LogP contribution is -2.49. The van der Waals surface area contributed by atoms with Gasteiger partial charge < -0.3 is 20.2 Å². The number of hydrogen-bond acceptors (Lipinski definition) is 8. The number of unbranched alkanes of at least 4 members (excludes halogenated alkanes) is 3. The van der Waals surface area contributed by atoms with Crippen LogP contribution in [0.15, 0.2) is 115 Å². The van der Waals surface area contributed by atoms with Gasteiger partial charge in [0.2, 0.25) is 0 Å². The SMILES string of the molecule is CCCCc1ccc2c(c1)-c1nc-2nc2[nH]c(nc3nc(nc4[nH]c(n1)c1ccc(CCCC)cc41)-c1ccc(C#CC#Cc4cccc([C@@]5(O)CC[C@H]6[C@@H]7CCc8cc(O)ccc8[C@H]7CC[C@@]65C)c4)cc1-3)c1ccc(CCCC)cc21. The fourth-order valence-electron chi connectivity index (χ4n) is 14.7. The first-order chi connectivity index (χ1) is 40.1. The number of aromatic amines is 2. The van der Waals surface area contributed by atoms with Crippen LogP contribution in [0.3, 0.4) is 0 Å². The molecule has 2 fully saturated rings. The number of hydrogen-bond donors (Lipinski definition) is 4. The predicted molar refractivity (Wildman–Crippen MR) is 329 cm³/mol. The van der Waals surface area contributed by atoms with Crippen molar-refractivity contribution in [3.8, 4) is 75.0 Å². The van der Waals surface area contributed by atoms with Crippen LogP contribution >= 0.6 is 0 Å². The number of aromatic hydroxyl groups is 1. The van der Waals surface area contributed by atoms with Gasteiger partial charge in [0.1, 0.15) is 28.3 Å². The van der Waals surface area contributed by atoms with E-state index in [1.165, 1.54) is 27.8 Å². The number of rotatable bonds is 10. The predicted octanol–water partition coefficient (Wildman–Crippen LogP) is 15.7. The van der Waals surface area contributed by atoms with Crippen molar-refractivity contribution in [1.29, 1.82) is 0 Å². The topological polar surface area (TPSA) is 149 Å². The van der Waals surface area contributed by atoms with Crippen molar-refractivity contribution < 1.29 is 10.2 Å². The van der Waals surface area contributed by atoms with Gasteiger partial charge in [-0.25, -0.2) is 29.9 Å². The summed E-state index contributed by atoms with van der Waals surface area (Å²) in [5, 5.41) is 26.9. The number of aliphatic hydroxyl groups is 1. The monoisotopic (exact) mass is 1080 g/mol. The summed E-state index contributed by atoms with van der Waals surface area (Å²) in [6.07, 6.45) is 15.3.